The van der Waals surface area contributed by atoms with Crippen molar-refractivity contribution in [2.75, 3.05) is 37.4 Å². The summed E-state index contributed by atoms with van der Waals surface area (Å²) < 4.78 is 7.15. The molecule has 1 atom stereocenters. The van der Waals surface area contributed by atoms with Crippen LogP contribution in [-0.4, -0.2) is 58.7 Å². The fourth-order valence-corrected chi connectivity index (χ4v) is 3.50. The second kappa shape index (κ2) is 9.57. The number of hydrogen-bond donors (Lipinski definition) is 3. The standard InChI is InChI=1S/C20H29N5O3/c1-3-16(26)14-24-12-9-15(10-13-24)25-19(8-11-21-25)23-20(27)22-17-6-4-5-7-18(17)28-2/h4-8,11,15-16,26H,3,9-10,12-14H2,1-2H3,(H2,22,23,27)/t16-/m1/s1. The quantitative estimate of drug-likeness (QED) is 0.679. The monoisotopic (exact) mass is 387 g/mol. The number of methoxy groups -OCH3 is 1. The summed E-state index contributed by atoms with van der Waals surface area (Å²) in [6.07, 6.45) is 4.07. The van der Waals surface area contributed by atoms with Crippen LogP contribution in [0.15, 0.2) is 36.5 Å². The van der Waals surface area contributed by atoms with Crippen molar-refractivity contribution in [1.82, 2.24) is 14.7 Å². The molecule has 1 aliphatic heterocycles. The number of β-amino-alcohol motifs (C(OH)–C–C–N with tert-alkyl or cyclic N) is 1. The van der Waals surface area contributed by atoms with Crippen LogP contribution in [-0.2, 0) is 0 Å². The fourth-order valence-electron chi connectivity index (χ4n) is 3.50. The number of likely N-dealkylation sites (tertiary alicyclic amines) is 1. The summed E-state index contributed by atoms with van der Waals surface area (Å²) in [6, 6.07) is 8.96. The predicted octanol–water partition coefficient (Wildman–Crippen LogP) is 2.94. The maximum absolute atomic E-state index is 12.4. The molecule has 152 valence electrons. The third-order valence-corrected chi connectivity index (χ3v) is 5.11. The number of anilines is 2. The molecule has 1 aliphatic rings. The molecule has 0 bridgehead atoms. The third kappa shape index (κ3) is 5.02. The van der Waals surface area contributed by atoms with E-state index in [4.69, 9.17) is 4.74 Å². The molecule has 3 rings (SSSR count). The van der Waals surface area contributed by atoms with Gasteiger partial charge in [0.15, 0.2) is 0 Å². The van der Waals surface area contributed by atoms with Gasteiger partial charge in [0.2, 0.25) is 0 Å². The van der Waals surface area contributed by atoms with Gasteiger partial charge in [-0.25, -0.2) is 9.48 Å². The number of aromatic nitrogens is 2. The average molecular weight is 387 g/mol. The van der Waals surface area contributed by atoms with E-state index >= 15 is 0 Å². The molecular formula is C20H29N5O3. The van der Waals surface area contributed by atoms with Crippen molar-refractivity contribution in [3.63, 3.8) is 0 Å². The van der Waals surface area contributed by atoms with Crippen molar-refractivity contribution in [2.45, 2.75) is 38.3 Å². The van der Waals surface area contributed by atoms with Gasteiger partial charge >= 0.3 is 6.03 Å². The Kier molecular flexibility index (Phi) is 6.89. The molecule has 0 unspecified atom stereocenters. The number of urea groups is 1. The van der Waals surface area contributed by atoms with Crippen LogP contribution in [0.25, 0.3) is 0 Å². The van der Waals surface area contributed by atoms with Crippen LogP contribution in [0, 0.1) is 0 Å². The van der Waals surface area contributed by atoms with E-state index in [0.29, 0.717) is 17.3 Å². The summed E-state index contributed by atoms with van der Waals surface area (Å²) in [5.74, 6) is 1.27. The lowest BCUT2D eigenvalue weighted by atomic mass is 10.0. The van der Waals surface area contributed by atoms with E-state index in [1.807, 2.05) is 23.7 Å². The number of hydrogen-bond acceptors (Lipinski definition) is 5. The van der Waals surface area contributed by atoms with E-state index in [2.05, 4.69) is 20.6 Å². The minimum atomic E-state index is -0.338. The SMILES string of the molecule is CC[C@@H](O)CN1CCC(n2nccc2NC(=O)Nc2ccccc2OC)CC1. The zero-order chi connectivity index (χ0) is 19.9. The number of para-hydroxylation sites is 2. The van der Waals surface area contributed by atoms with Crippen LogP contribution >= 0.6 is 0 Å². The largest absolute Gasteiger partial charge is 0.495 e. The highest BCUT2D eigenvalue weighted by Crippen LogP contribution is 2.26. The number of amides is 2. The third-order valence-electron chi connectivity index (χ3n) is 5.11. The molecule has 1 aromatic heterocycles. The molecule has 8 nitrogen and oxygen atoms in total. The molecule has 28 heavy (non-hydrogen) atoms. The zero-order valence-electron chi connectivity index (χ0n) is 16.5. The van der Waals surface area contributed by atoms with Gasteiger partial charge in [-0.05, 0) is 31.4 Å². The first-order valence-electron chi connectivity index (χ1n) is 9.75. The summed E-state index contributed by atoms with van der Waals surface area (Å²) in [6.45, 7) is 4.53. The molecule has 1 saturated heterocycles. The number of nitrogens with one attached hydrogen (secondary N) is 2. The van der Waals surface area contributed by atoms with Gasteiger partial charge < -0.3 is 20.1 Å². The molecule has 0 spiro atoms. The molecule has 2 heterocycles. The van der Waals surface area contributed by atoms with E-state index in [9.17, 15) is 9.90 Å². The molecule has 0 radical (unpaired) electrons. The minimum absolute atomic E-state index is 0.228. The summed E-state index contributed by atoms with van der Waals surface area (Å²) in [5, 5.41) is 20.0. The molecule has 0 aliphatic carbocycles. The second-order valence-corrected chi connectivity index (χ2v) is 7.03. The molecule has 1 aromatic carbocycles. The van der Waals surface area contributed by atoms with Crippen molar-refractivity contribution in [3.8, 4) is 5.75 Å². The highest BCUT2D eigenvalue weighted by molar-refractivity contribution is 6.00. The van der Waals surface area contributed by atoms with Gasteiger partial charge in [-0.2, -0.15) is 5.10 Å². The molecule has 8 heteroatoms. The number of nitrogens with zero attached hydrogens (tertiary/aromatic N) is 3. The predicted molar refractivity (Wildman–Crippen MR) is 109 cm³/mol. The molecule has 2 aromatic rings. The van der Waals surface area contributed by atoms with Crippen molar-refractivity contribution in [2.24, 2.45) is 0 Å². The Labute approximate surface area is 165 Å². The average Bonchev–Trinajstić information content (AvgIpc) is 3.16. The van der Waals surface area contributed by atoms with Crippen molar-refractivity contribution >= 4 is 17.5 Å². The van der Waals surface area contributed by atoms with Crippen molar-refractivity contribution < 1.29 is 14.6 Å². The summed E-state index contributed by atoms with van der Waals surface area (Å²) in [5.41, 5.74) is 0.608. The van der Waals surface area contributed by atoms with Crippen LogP contribution in [0.5, 0.6) is 5.75 Å². The Morgan fingerprint density at radius 1 is 1.29 bits per heavy atom. The molecular weight excluding hydrogens is 358 g/mol. The number of benzene rings is 1. The Hall–Kier alpha value is -2.58. The van der Waals surface area contributed by atoms with Crippen LogP contribution < -0.4 is 15.4 Å². The summed E-state index contributed by atoms with van der Waals surface area (Å²) in [7, 11) is 1.57. The number of piperidine rings is 1. The first-order chi connectivity index (χ1) is 13.6. The minimum Gasteiger partial charge on any atom is -0.495 e. The van der Waals surface area contributed by atoms with Gasteiger partial charge in [0, 0.05) is 25.7 Å². The topological polar surface area (TPSA) is 91.7 Å². The fraction of sp³-hybridized carbons (Fsp3) is 0.500. The zero-order valence-corrected chi connectivity index (χ0v) is 16.5. The van der Waals surface area contributed by atoms with Gasteiger partial charge in [0.05, 0.1) is 31.1 Å². The van der Waals surface area contributed by atoms with E-state index in [0.717, 1.165) is 38.9 Å². The second-order valence-electron chi connectivity index (χ2n) is 7.03. The Bertz CT molecular complexity index is 771. The van der Waals surface area contributed by atoms with Gasteiger partial charge in [0.25, 0.3) is 0 Å². The Morgan fingerprint density at radius 2 is 2.04 bits per heavy atom. The highest BCUT2D eigenvalue weighted by atomic mass is 16.5. The first-order valence-corrected chi connectivity index (χ1v) is 9.75. The molecule has 1 fully saturated rings. The number of ether oxygens (including phenoxy) is 1. The van der Waals surface area contributed by atoms with Crippen LogP contribution in [0.3, 0.4) is 0 Å². The molecule has 3 N–H and O–H groups in total. The maximum atomic E-state index is 12.4. The van der Waals surface area contributed by atoms with Crippen LogP contribution in [0.4, 0.5) is 16.3 Å². The lowest BCUT2D eigenvalue weighted by molar-refractivity contribution is 0.0869. The molecule has 2 amide bonds. The lowest BCUT2D eigenvalue weighted by Gasteiger charge is -2.33. The number of carbonyl (C=O) groups is 1. The van der Waals surface area contributed by atoms with Crippen LogP contribution in [0.1, 0.15) is 32.2 Å². The Morgan fingerprint density at radius 3 is 2.75 bits per heavy atom. The van der Waals surface area contributed by atoms with Gasteiger partial charge in [0.1, 0.15) is 11.6 Å². The van der Waals surface area contributed by atoms with Gasteiger partial charge in [-0.1, -0.05) is 19.1 Å². The van der Waals surface area contributed by atoms with Gasteiger partial charge in [-0.15, -0.1) is 0 Å². The Balaban J connectivity index is 1.58. The normalized spacial score (nSPS) is 16.5. The van der Waals surface area contributed by atoms with E-state index in [-0.39, 0.29) is 18.2 Å². The van der Waals surface area contributed by atoms with Crippen molar-refractivity contribution in [1.29, 1.82) is 0 Å². The van der Waals surface area contributed by atoms with E-state index in [1.54, 1.807) is 31.5 Å². The smallest absolute Gasteiger partial charge is 0.324 e. The summed E-state index contributed by atoms with van der Waals surface area (Å²) in [4.78, 5) is 14.7. The van der Waals surface area contributed by atoms with Crippen LogP contribution in [0.2, 0.25) is 0 Å². The highest BCUT2D eigenvalue weighted by Gasteiger charge is 2.24. The van der Waals surface area contributed by atoms with Gasteiger partial charge in [-0.3, -0.25) is 5.32 Å². The number of carbonyl (C=O) groups excluding carboxylic acids is 1. The van der Waals surface area contributed by atoms with Crippen molar-refractivity contribution in [3.05, 3.63) is 36.5 Å². The summed E-state index contributed by atoms with van der Waals surface area (Å²) >= 11 is 0. The maximum Gasteiger partial charge on any atom is 0.324 e. The molecule has 0 saturated carbocycles. The lowest BCUT2D eigenvalue weighted by Crippen LogP contribution is -2.39. The number of aliphatic hydroxyl groups excluding tert-OH is 1. The first kappa shape index (κ1) is 20.2. The number of rotatable bonds is 7. The van der Waals surface area contributed by atoms with E-state index in [1.165, 1.54) is 0 Å². The number of aliphatic hydroxyl groups is 1. The van der Waals surface area contributed by atoms with E-state index < -0.39 is 0 Å².